The molecule has 9 heteroatoms. The van der Waals surface area contributed by atoms with Gasteiger partial charge in [-0.05, 0) is 13.8 Å². The zero-order valence-corrected chi connectivity index (χ0v) is 15.6. The lowest BCUT2D eigenvalue weighted by atomic mass is 9.79. The van der Waals surface area contributed by atoms with E-state index >= 15 is 0 Å². The molecule has 1 unspecified atom stereocenters. The van der Waals surface area contributed by atoms with Gasteiger partial charge in [-0.3, -0.25) is 14.9 Å². The van der Waals surface area contributed by atoms with Crippen LogP contribution in [0.5, 0.6) is 0 Å². The molecule has 1 aromatic rings. The van der Waals surface area contributed by atoms with Crippen LogP contribution in [0.1, 0.15) is 38.7 Å². The number of carboxylic acid groups (broad SMARTS) is 1. The number of allylic oxidation sites excluding steroid dienone is 2. The fourth-order valence-corrected chi connectivity index (χ4v) is 3.08. The second-order valence-corrected chi connectivity index (χ2v) is 6.22. The molecule has 9 nitrogen and oxygen atoms in total. The van der Waals surface area contributed by atoms with Crippen LogP contribution in [0.15, 0.2) is 46.8 Å². The van der Waals surface area contributed by atoms with Crippen molar-refractivity contribution in [2.24, 2.45) is 0 Å². The molecule has 0 saturated carbocycles. The Hall–Kier alpha value is -3.49. The van der Waals surface area contributed by atoms with E-state index in [4.69, 9.17) is 4.74 Å². The molecule has 0 radical (unpaired) electrons. The highest BCUT2D eigenvalue weighted by Crippen LogP contribution is 2.42. The van der Waals surface area contributed by atoms with Gasteiger partial charge in [0, 0.05) is 29.4 Å². The van der Waals surface area contributed by atoms with Crippen molar-refractivity contribution >= 4 is 23.4 Å². The van der Waals surface area contributed by atoms with Crippen LogP contribution in [0.2, 0.25) is 0 Å². The van der Waals surface area contributed by atoms with Gasteiger partial charge in [0.25, 0.3) is 5.69 Å². The van der Waals surface area contributed by atoms with Crippen molar-refractivity contribution in [2.45, 2.75) is 33.1 Å². The maximum Gasteiger partial charge on any atom is 0.337 e. The first-order chi connectivity index (χ1) is 13.2. The monoisotopic (exact) mass is 388 g/mol. The summed E-state index contributed by atoms with van der Waals surface area (Å²) in [5.41, 5.74) is 0.0198. The molecule has 1 aliphatic rings. The van der Waals surface area contributed by atoms with E-state index in [0.717, 1.165) is 0 Å². The Labute approximate surface area is 160 Å². The Kier molecular flexibility index (Phi) is 6.29. The van der Waals surface area contributed by atoms with Crippen molar-refractivity contribution in [3.05, 3.63) is 62.5 Å². The molecule has 2 N–H and O–H groups in total. The van der Waals surface area contributed by atoms with Gasteiger partial charge in [-0.1, -0.05) is 25.1 Å². The number of carboxylic acids is 1. The number of carbonyl (C=O) groups excluding carboxylic acids is 2. The molecule has 1 atom stereocenters. The van der Waals surface area contributed by atoms with Crippen molar-refractivity contribution in [1.29, 1.82) is 0 Å². The van der Waals surface area contributed by atoms with Crippen molar-refractivity contribution in [3.63, 3.8) is 0 Å². The summed E-state index contributed by atoms with van der Waals surface area (Å²) in [6, 6.07) is 5.62. The highest BCUT2D eigenvalue weighted by molar-refractivity contribution is 6.00. The number of benzene rings is 1. The van der Waals surface area contributed by atoms with E-state index < -0.39 is 29.4 Å². The summed E-state index contributed by atoms with van der Waals surface area (Å²) in [6.07, 6.45) is 0.177. The molecule has 0 spiro atoms. The van der Waals surface area contributed by atoms with Gasteiger partial charge < -0.3 is 15.2 Å². The number of para-hydroxylation sites is 1. The fourth-order valence-electron chi connectivity index (χ4n) is 3.08. The maximum atomic E-state index is 12.7. The summed E-state index contributed by atoms with van der Waals surface area (Å²) in [5.74, 6) is -3.75. The molecule has 0 bridgehead atoms. The molecule has 0 aromatic heterocycles. The van der Waals surface area contributed by atoms with Gasteiger partial charge in [-0.2, -0.15) is 0 Å². The number of ether oxygens (including phenoxy) is 1. The number of rotatable bonds is 7. The first-order valence-electron chi connectivity index (χ1n) is 8.53. The van der Waals surface area contributed by atoms with E-state index in [2.05, 4.69) is 5.32 Å². The third-order valence-corrected chi connectivity index (χ3v) is 4.41. The number of nitrogens with one attached hydrogen (secondary N) is 1. The number of hydrogen-bond donors (Lipinski definition) is 2. The van der Waals surface area contributed by atoms with Gasteiger partial charge in [-0.25, -0.2) is 9.59 Å². The molecule has 0 saturated heterocycles. The van der Waals surface area contributed by atoms with Gasteiger partial charge in [-0.15, -0.1) is 0 Å². The summed E-state index contributed by atoms with van der Waals surface area (Å²) in [6.45, 7) is 4.22. The van der Waals surface area contributed by atoms with Crippen LogP contribution in [0.25, 0.3) is 0 Å². The summed E-state index contributed by atoms with van der Waals surface area (Å²) in [4.78, 5) is 47.0. The third kappa shape index (κ3) is 4.08. The number of hydrogen-bond acceptors (Lipinski definition) is 7. The van der Waals surface area contributed by atoms with Crippen molar-refractivity contribution in [3.8, 4) is 0 Å². The molecule has 1 aromatic carbocycles. The van der Waals surface area contributed by atoms with Crippen LogP contribution in [0.4, 0.5) is 5.69 Å². The number of Topliss-reactive ketones (excluding diaryl/α,β-unsaturated/α-hetero) is 1. The largest absolute Gasteiger partial charge is 0.478 e. The molecule has 0 amide bonds. The van der Waals surface area contributed by atoms with Crippen LogP contribution in [-0.4, -0.2) is 34.4 Å². The van der Waals surface area contributed by atoms with E-state index in [0.29, 0.717) is 5.70 Å². The number of nitrogens with zero attached hydrogens (tertiary/aromatic N) is 1. The smallest absolute Gasteiger partial charge is 0.337 e. The molecule has 148 valence electrons. The molecular weight excluding hydrogens is 368 g/mol. The molecule has 0 fully saturated rings. The van der Waals surface area contributed by atoms with Crippen molar-refractivity contribution in [2.75, 3.05) is 6.61 Å². The summed E-state index contributed by atoms with van der Waals surface area (Å²) >= 11 is 0. The average Bonchev–Trinajstić information content (AvgIpc) is 2.64. The van der Waals surface area contributed by atoms with Crippen LogP contribution < -0.4 is 5.32 Å². The minimum Gasteiger partial charge on any atom is -0.478 e. The molecular formula is C19H20N2O7. The Morgan fingerprint density at radius 2 is 1.79 bits per heavy atom. The SMILES string of the molecule is CCC(=O)COC(=O)C1=C(C)NC(C)=C(C(=O)O)C1c1ccccc1[N+](=O)[O-]. The molecule has 0 aliphatic carbocycles. The standard InChI is InChI=1S/C19H20N2O7/c1-4-12(22)9-28-19(25)16-11(3)20-10(2)15(18(23)24)17(16)13-7-5-6-8-14(13)21(26)27/h5-8,17,20H,4,9H2,1-3H3,(H,23,24). The quantitative estimate of drug-likeness (QED) is 0.413. The molecule has 2 rings (SSSR count). The Morgan fingerprint density at radius 3 is 2.36 bits per heavy atom. The lowest BCUT2D eigenvalue weighted by Crippen LogP contribution is -2.32. The highest BCUT2D eigenvalue weighted by Gasteiger charge is 2.40. The zero-order chi connectivity index (χ0) is 21.0. The number of esters is 1. The normalized spacial score (nSPS) is 16.5. The number of ketones is 1. The second-order valence-electron chi connectivity index (χ2n) is 6.22. The number of nitro groups is 1. The van der Waals surface area contributed by atoms with E-state index in [1.165, 1.54) is 31.2 Å². The lowest BCUT2D eigenvalue weighted by Gasteiger charge is -2.29. The Balaban J connectivity index is 2.64. The maximum absolute atomic E-state index is 12.7. The topological polar surface area (TPSA) is 136 Å². The summed E-state index contributed by atoms with van der Waals surface area (Å²) in [5, 5.41) is 24.0. The second kappa shape index (κ2) is 8.47. The van der Waals surface area contributed by atoms with Crippen molar-refractivity contribution < 1.29 is 29.2 Å². The minimum absolute atomic E-state index is 0.0545. The molecule has 1 heterocycles. The summed E-state index contributed by atoms with van der Waals surface area (Å²) in [7, 11) is 0. The van der Waals surface area contributed by atoms with E-state index in [-0.39, 0.29) is 40.3 Å². The van der Waals surface area contributed by atoms with Crippen LogP contribution >= 0.6 is 0 Å². The molecule has 28 heavy (non-hydrogen) atoms. The number of dihydropyridines is 1. The Morgan fingerprint density at radius 1 is 1.18 bits per heavy atom. The minimum atomic E-state index is -1.32. The number of carbonyl (C=O) groups is 3. The predicted octanol–water partition coefficient (Wildman–Crippen LogP) is 2.44. The van der Waals surface area contributed by atoms with Gasteiger partial charge in [0.1, 0.15) is 6.61 Å². The van der Waals surface area contributed by atoms with Gasteiger partial charge in [0.05, 0.1) is 22.0 Å². The first-order valence-corrected chi connectivity index (χ1v) is 8.53. The first kappa shape index (κ1) is 20.8. The van der Waals surface area contributed by atoms with Gasteiger partial charge in [0.2, 0.25) is 0 Å². The van der Waals surface area contributed by atoms with Crippen LogP contribution in [-0.2, 0) is 19.1 Å². The van der Waals surface area contributed by atoms with Crippen molar-refractivity contribution in [1.82, 2.24) is 5.32 Å². The predicted molar refractivity (Wildman–Crippen MR) is 98.3 cm³/mol. The zero-order valence-electron chi connectivity index (χ0n) is 15.6. The summed E-state index contributed by atoms with van der Waals surface area (Å²) < 4.78 is 5.05. The average molecular weight is 388 g/mol. The third-order valence-electron chi connectivity index (χ3n) is 4.41. The van der Waals surface area contributed by atoms with Crippen LogP contribution in [0, 0.1) is 10.1 Å². The van der Waals surface area contributed by atoms with Gasteiger partial charge >= 0.3 is 11.9 Å². The van der Waals surface area contributed by atoms with E-state index in [1.54, 1.807) is 13.8 Å². The highest BCUT2D eigenvalue weighted by atomic mass is 16.6. The van der Waals surface area contributed by atoms with E-state index in [9.17, 15) is 29.6 Å². The van der Waals surface area contributed by atoms with E-state index in [1.807, 2.05) is 0 Å². The number of nitro benzene ring substituents is 1. The fraction of sp³-hybridized carbons (Fsp3) is 0.316. The molecule has 1 aliphatic heterocycles. The van der Waals surface area contributed by atoms with Crippen LogP contribution in [0.3, 0.4) is 0 Å². The van der Waals surface area contributed by atoms with Gasteiger partial charge in [0.15, 0.2) is 5.78 Å². The lowest BCUT2D eigenvalue weighted by molar-refractivity contribution is -0.385. The Bertz CT molecular complexity index is 915. The number of aliphatic carboxylic acids is 1.